The Kier molecular flexibility index (Phi) is 22.8. The van der Waals surface area contributed by atoms with Gasteiger partial charge in [0.25, 0.3) is 0 Å². The summed E-state index contributed by atoms with van der Waals surface area (Å²) in [7, 11) is 0. The average Bonchev–Trinajstić information content (AvgIpc) is 0.753. The molecule has 16 aromatic carbocycles. The third kappa shape index (κ3) is 16.7. The van der Waals surface area contributed by atoms with Gasteiger partial charge in [0.15, 0.2) is 0 Å². The highest BCUT2D eigenvalue weighted by molar-refractivity contribution is 5.72. The van der Waals surface area contributed by atoms with Crippen LogP contribution in [0, 0.1) is 0 Å². The highest BCUT2D eigenvalue weighted by Gasteiger charge is 2.38. The quantitative estimate of drug-likeness (QED) is 0.0671. The van der Waals surface area contributed by atoms with E-state index >= 15 is 0 Å². The molecule has 136 heavy (non-hydrogen) atoms. The highest BCUT2D eigenvalue weighted by Crippen LogP contribution is 2.57. The Balaban J connectivity index is 0.839. The molecule has 16 N–H and O–H groups in total. The van der Waals surface area contributed by atoms with E-state index in [0.29, 0.717) is 140 Å². The first-order valence-corrected chi connectivity index (χ1v) is 47.1. The van der Waals surface area contributed by atoms with Crippen LogP contribution < -0.4 is 0 Å². The summed E-state index contributed by atoms with van der Waals surface area (Å²) in [4.78, 5) is 0. The van der Waals surface area contributed by atoms with Gasteiger partial charge in [-0.25, -0.2) is 0 Å². The van der Waals surface area contributed by atoms with Crippen LogP contribution in [0.15, 0.2) is 291 Å². The molecule has 46 rings (SSSR count). The maximum absolute atomic E-state index is 12.8. The molecule has 30 aliphatic carbocycles. The highest BCUT2D eigenvalue weighted by atomic mass is 16.3. The van der Waals surface area contributed by atoms with Gasteiger partial charge in [-0.05, 0) is 240 Å². The van der Waals surface area contributed by atoms with Crippen LogP contribution in [0.2, 0.25) is 0 Å². The summed E-state index contributed by atoms with van der Waals surface area (Å²) in [5.41, 5.74) is 19.3. The molecule has 0 radical (unpaired) electrons. The Morgan fingerprint density at radius 2 is 0.191 bits per heavy atom. The molecule has 0 saturated heterocycles. The Morgan fingerprint density at radius 1 is 0.110 bits per heavy atom. The lowest BCUT2D eigenvalue weighted by molar-refractivity contribution is 0.418. The van der Waals surface area contributed by atoms with Gasteiger partial charge in [0.1, 0.15) is 92.0 Å². The van der Waals surface area contributed by atoms with E-state index in [1.54, 1.807) is 48.5 Å². The number of benzene rings is 16. The molecule has 0 amide bonds. The van der Waals surface area contributed by atoms with Crippen molar-refractivity contribution >= 4 is 0 Å². The van der Waals surface area contributed by atoms with E-state index in [9.17, 15) is 81.7 Å². The first-order chi connectivity index (χ1) is 65.9. The summed E-state index contributed by atoms with van der Waals surface area (Å²) >= 11 is 0. The fraction of sp³-hybridized carbons (Fsp3) is 0.200. The summed E-state index contributed by atoms with van der Waals surface area (Å²) in [6.07, 6.45) is 4.63. The smallest absolute Gasteiger partial charge is 0.123 e. The molecular weight excluding hydrogens is 1700 g/mol. The van der Waals surface area contributed by atoms with Crippen LogP contribution in [-0.4, -0.2) is 81.7 Å². The predicted molar refractivity (Wildman–Crippen MR) is 527 cm³/mol. The second kappa shape index (κ2) is 35.7. The van der Waals surface area contributed by atoms with Crippen molar-refractivity contribution in [3.63, 3.8) is 0 Å². The van der Waals surface area contributed by atoms with Gasteiger partial charge >= 0.3 is 0 Å². The molecule has 0 aromatic heterocycles. The second-order valence-corrected chi connectivity index (χ2v) is 38.1. The zero-order valence-corrected chi connectivity index (χ0v) is 74.8. The molecule has 0 atom stereocenters. The van der Waals surface area contributed by atoms with Gasteiger partial charge in [0, 0.05) is 185 Å². The minimum absolute atomic E-state index is 0.227. The Labute approximate surface area is 788 Å². The van der Waals surface area contributed by atoms with Crippen LogP contribution in [0.3, 0.4) is 0 Å². The second-order valence-electron chi connectivity index (χ2n) is 38.1. The molecule has 16 aromatic rings. The summed E-state index contributed by atoms with van der Waals surface area (Å²) in [6, 6.07) is 89.3. The SMILES string of the molecule is Oc1cc(O)c2cc1C1CCc3ccc(cc3)-c3ccc(cc3)CCC3c4cc(c(O)cc4O)C4CCc5ccc(cc5)-c5ccc(cc5)CCC2c2cc(c(O)cc2O)C2CCc5ccc(cc5)-c5ccc(cc5)CCC(c5cc4c(O)cc5O)c4cc(c(O)cc4O)C(CCc4ccc(cc4)-c4ccc(cc4)CCC(c4cc1c(O)cc4O)c1cc2c(O)cc1O)c1cc3c(O)cc1O. The standard InChI is InChI=1S/C120H104O16/c121-105-57-107(123)91-49-89(105)81-41-17-65-1-25-73(26-2-65)74-27-3-66(4-28-74)18-42-84-95-53-99(115(131)61-111(95)127)86-46-22-70-11-33-77(34-12-70)75-29-5-67(6-30-75)19-43-82(91)93-51-97(113(129)59-109(93)125)85-45-21-69-9-37-79(38-10-69)80-39-15-72(16-40-80)24-48-88(103-55-101(86)117(133)63-119(103)135)104-56-102(118(134)64-120(104)136)87(100-54-96(84)112(128)62-116(100)132)47-23-71-13-35-78(36-14-71)76-31-7-68(8-32-76)20-44-83(92-50-90(81)106(122)58-108(92)124)94-52-98(85)114(130)60-110(94)126/h1-16,25-40,49-64,81-88,121-136H,17-24,41-48H2. The van der Waals surface area contributed by atoms with E-state index in [1.165, 1.54) is 48.5 Å². The van der Waals surface area contributed by atoms with E-state index < -0.39 is 47.3 Å². The summed E-state index contributed by atoms with van der Waals surface area (Å²) < 4.78 is 0. The minimum Gasteiger partial charge on any atom is -0.508 e. The number of hydrogen-bond donors (Lipinski definition) is 16. The zero-order chi connectivity index (χ0) is 93.6. The third-order valence-electron chi connectivity index (χ3n) is 30.2. The lowest BCUT2D eigenvalue weighted by Crippen LogP contribution is -2.12. The van der Waals surface area contributed by atoms with E-state index in [1.807, 2.05) is 194 Å². The van der Waals surface area contributed by atoms with Gasteiger partial charge in [0.2, 0.25) is 0 Å². The van der Waals surface area contributed by atoms with Crippen molar-refractivity contribution in [2.45, 2.75) is 150 Å². The van der Waals surface area contributed by atoms with Gasteiger partial charge in [-0.15, -0.1) is 0 Å². The van der Waals surface area contributed by atoms with Gasteiger partial charge in [-0.3, -0.25) is 0 Å². The molecule has 0 heterocycles. The first kappa shape index (κ1) is 87.0. The molecule has 680 valence electrons. The van der Waals surface area contributed by atoms with E-state index in [4.69, 9.17) is 0 Å². The van der Waals surface area contributed by atoms with Crippen LogP contribution in [0.5, 0.6) is 92.0 Å². The van der Waals surface area contributed by atoms with Crippen LogP contribution in [0.25, 0.3) is 44.5 Å². The normalized spacial score (nSPS) is 18.6. The Morgan fingerprint density at radius 3 is 0.272 bits per heavy atom. The predicted octanol–water partition coefficient (Wildman–Crippen LogP) is 25.3. The molecule has 30 aliphatic rings. The number of aryl methyl sites for hydroxylation is 8. The average molecular weight is 1800 g/mol. The van der Waals surface area contributed by atoms with Crippen LogP contribution in [-0.2, 0) is 51.4 Å². The maximum atomic E-state index is 12.8. The number of rotatable bonds is 0. The maximum Gasteiger partial charge on any atom is 0.123 e. The van der Waals surface area contributed by atoms with Crippen LogP contribution >= 0.6 is 0 Å². The topological polar surface area (TPSA) is 324 Å². The van der Waals surface area contributed by atoms with Gasteiger partial charge in [0.05, 0.1) is 0 Å². The summed E-state index contributed by atoms with van der Waals surface area (Å²) in [5, 5.41) is 205. The van der Waals surface area contributed by atoms with Crippen LogP contribution in [0.4, 0.5) is 0 Å². The molecular formula is C120H104O16. The molecule has 0 aliphatic heterocycles. The van der Waals surface area contributed by atoms with Crippen molar-refractivity contribution in [1.29, 1.82) is 0 Å². The van der Waals surface area contributed by atoms with E-state index in [2.05, 4.69) is 0 Å². The minimum atomic E-state index is -0.900. The molecule has 16 nitrogen and oxygen atoms in total. The van der Waals surface area contributed by atoms with Crippen molar-refractivity contribution < 1.29 is 81.7 Å². The molecule has 0 saturated carbocycles. The number of phenolic OH excluding ortho intramolecular Hbond substituents is 16. The Bertz CT molecular complexity index is 5780. The van der Waals surface area contributed by atoms with Crippen molar-refractivity contribution in [2.75, 3.05) is 0 Å². The van der Waals surface area contributed by atoms with E-state index in [-0.39, 0.29) is 143 Å². The first-order valence-electron chi connectivity index (χ1n) is 47.1. The van der Waals surface area contributed by atoms with Crippen molar-refractivity contribution in [1.82, 2.24) is 0 Å². The van der Waals surface area contributed by atoms with Crippen molar-refractivity contribution in [2.24, 2.45) is 0 Å². The van der Waals surface area contributed by atoms with Gasteiger partial charge in [-0.2, -0.15) is 0 Å². The largest absolute Gasteiger partial charge is 0.508 e. The fourth-order valence-electron chi connectivity index (χ4n) is 22.6. The lowest BCUT2D eigenvalue weighted by Gasteiger charge is -2.29. The number of hydrogen-bond acceptors (Lipinski definition) is 16. The number of aromatic hydroxyl groups is 16. The molecule has 0 spiro atoms. The monoisotopic (exact) mass is 1800 g/mol. The molecule has 0 fully saturated rings. The lowest BCUT2D eigenvalue weighted by atomic mass is 9.76. The van der Waals surface area contributed by atoms with E-state index in [0.717, 1.165) is 89.0 Å². The summed E-state index contributed by atoms with van der Waals surface area (Å²) in [6.45, 7) is 0. The third-order valence-corrected chi connectivity index (χ3v) is 30.2. The zero-order valence-electron chi connectivity index (χ0n) is 74.8. The molecule has 40 bridgehead atoms. The van der Waals surface area contributed by atoms with Crippen LogP contribution in [0.1, 0.15) is 232 Å². The van der Waals surface area contributed by atoms with Crippen molar-refractivity contribution in [3.05, 3.63) is 425 Å². The van der Waals surface area contributed by atoms with Gasteiger partial charge < -0.3 is 81.7 Å². The van der Waals surface area contributed by atoms with Crippen molar-refractivity contribution in [3.8, 4) is 136 Å². The molecule has 16 heteroatoms. The number of phenols is 16. The summed E-state index contributed by atoms with van der Waals surface area (Å²) in [5.74, 6) is -11.8. The Hall–Kier alpha value is -15.7. The fourth-order valence-corrected chi connectivity index (χ4v) is 22.6. The molecule has 0 unspecified atom stereocenters. The van der Waals surface area contributed by atoms with Gasteiger partial charge in [-0.1, -0.05) is 194 Å².